The zero-order chi connectivity index (χ0) is 27.2. The quantitative estimate of drug-likeness (QED) is 0.268. The number of sulfonamides is 1. The fourth-order valence-corrected chi connectivity index (χ4v) is 6.43. The molecule has 1 aromatic rings. The summed E-state index contributed by atoms with van der Waals surface area (Å²) < 4.78 is 25.3. The summed E-state index contributed by atoms with van der Waals surface area (Å²) in [6.45, 7) is 10.4. The van der Waals surface area contributed by atoms with Crippen LogP contribution in [-0.2, 0) is 10.0 Å². The third kappa shape index (κ3) is 8.18. The minimum Gasteiger partial charge on any atom is -0.394 e. The lowest BCUT2D eigenvalue weighted by Crippen LogP contribution is -2.59. The predicted molar refractivity (Wildman–Crippen MR) is 153 cm³/mol. The summed E-state index contributed by atoms with van der Waals surface area (Å²) in [7, 11) is -1.73. The lowest BCUT2D eigenvalue weighted by molar-refractivity contribution is 0.0160. The zero-order valence-electron chi connectivity index (χ0n) is 21.9. The monoisotopic (exact) mass is 571 g/mol. The van der Waals surface area contributed by atoms with E-state index < -0.39 is 10.0 Å². The van der Waals surface area contributed by atoms with Gasteiger partial charge in [-0.25, -0.2) is 8.42 Å². The van der Waals surface area contributed by atoms with Crippen LogP contribution in [0.1, 0.15) is 37.8 Å². The average molecular weight is 573 g/mol. The van der Waals surface area contributed by atoms with Gasteiger partial charge in [0.05, 0.1) is 23.9 Å². The number of aliphatic hydroxyl groups excluding tert-OH is 1. The van der Waals surface area contributed by atoms with Gasteiger partial charge in [-0.3, -0.25) is 19.5 Å². The van der Waals surface area contributed by atoms with E-state index in [1.807, 2.05) is 24.3 Å². The summed E-state index contributed by atoms with van der Waals surface area (Å²) in [5.74, 6) is 0.639. The highest BCUT2D eigenvalue weighted by Crippen LogP contribution is 2.29. The van der Waals surface area contributed by atoms with Crippen LogP contribution in [0, 0.1) is 0 Å². The van der Waals surface area contributed by atoms with E-state index in [2.05, 4.69) is 37.9 Å². The SMILES string of the molecule is C=C(/C=C(/Cl)C(=NC)N1CCN(C2CCN(C(CO)c3ccc(Cl)cc3)CC2)[C@@H](CC)C1)NS(C)(=O)=O. The molecule has 0 saturated carbocycles. The summed E-state index contributed by atoms with van der Waals surface area (Å²) in [5.41, 5.74) is 1.29. The van der Waals surface area contributed by atoms with Crippen molar-refractivity contribution in [1.82, 2.24) is 19.4 Å². The number of aliphatic imine (C=N–C) groups is 1. The summed E-state index contributed by atoms with van der Waals surface area (Å²) >= 11 is 12.6. The van der Waals surface area contributed by atoms with Gasteiger partial charge in [0.1, 0.15) is 5.84 Å². The molecule has 2 atom stereocenters. The third-order valence-corrected chi connectivity index (χ3v) is 8.34. The summed E-state index contributed by atoms with van der Waals surface area (Å²) in [6.07, 6.45) is 5.68. The number of nitrogens with one attached hydrogen (secondary N) is 1. The van der Waals surface area contributed by atoms with Crippen molar-refractivity contribution in [3.63, 3.8) is 0 Å². The van der Waals surface area contributed by atoms with Crippen molar-refractivity contribution in [2.45, 2.75) is 44.3 Å². The molecule has 8 nitrogen and oxygen atoms in total. The first-order valence-electron chi connectivity index (χ1n) is 12.7. The fraction of sp³-hybridized carbons (Fsp3) is 0.577. The molecule has 0 amide bonds. The van der Waals surface area contributed by atoms with E-state index in [9.17, 15) is 13.5 Å². The van der Waals surface area contributed by atoms with E-state index in [1.54, 1.807) is 7.05 Å². The molecule has 37 heavy (non-hydrogen) atoms. The van der Waals surface area contributed by atoms with Crippen LogP contribution < -0.4 is 4.72 Å². The second-order valence-corrected chi connectivity index (χ2v) is 12.3. The van der Waals surface area contributed by atoms with Gasteiger partial charge < -0.3 is 10.0 Å². The van der Waals surface area contributed by atoms with Crippen molar-refractivity contribution < 1.29 is 13.5 Å². The first kappa shape index (κ1) is 29.9. The third-order valence-electron chi connectivity index (χ3n) is 7.18. The van der Waals surface area contributed by atoms with E-state index in [0.717, 1.165) is 63.8 Å². The Morgan fingerprint density at radius 2 is 1.89 bits per heavy atom. The molecule has 2 saturated heterocycles. The van der Waals surface area contributed by atoms with Crippen LogP contribution in [0.3, 0.4) is 0 Å². The van der Waals surface area contributed by atoms with Gasteiger partial charge in [0.2, 0.25) is 10.0 Å². The standard InChI is InChI=1S/C26H39Cl2N5O3S/c1-5-22-17-32(26(29-3)24(28)16-19(2)30-37(4,35)36)14-15-33(22)23-10-12-31(13-11-23)25(18-34)20-6-8-21(27)9-7-20/h6-9,16,22-23,25,30,34H,2,5,10-15,17-18H2,1,3-4H3/b24-16+,29-26?/t22-,25?/m0/s1. The number of amidine groups is 1. The van der Waals surface area contributed by atoms with Crippen molar-refractivity contribution >= 4 is 39.1 Å². The number of benzene rings is 1. The molecule has 2 aliphatic rings. The van der Waals surface area contributed by atoms with Crippen molar-refractivity contribution in [2.24, 2.45) is 4.99 Å². The lowest BCUT2D eigenvalue weighted by Gasteiger charge is -2.48. The highest BCUT2D eigenvalue weighted by molar-refractivity contribution is 7.88. The first-order valence-corrected chi connectivity index (χ1v) is 15.3. The van der Waals surface area contributed by atoms with Crippen LogP contribution in [0.5, 0.6) is 0 Å². The molecule has 3 rings (SSSR count). The number of halogens is 2. The van der Waals surface area contributed by atoms with Crippen LogP contribution in [0.4, 0.5) is 0 Å². The molecular formula is C26H39Cl2N5O3S. The maximum absolute atomic E-state index is 11.5. The van der Waals surface area contributed by atoms with E-state index in [4.69, 9.17) is 23.2 Å². The van der Waals surface area contributed by atoms with E-state index in [0.29, 0.717) is 28.0 Å². The smallest absolute Gasteiger partial charge is 0.229 e. The molecule has 0 spiro atoms. The van der Waals surface area contributed by atoms with E-state index in [1.165, 1.54) is 6.08 Å². The minimum atomic E-state index is -3.42. The molecule has 2 N–H and O–H groups in total. The van der Waals surface area contributed by atoms with Crippen LogP contribution >= 0.6 is 23.2 Å². The molecule has 2 fully saturated rings. The number of likely N-dealkylation sites (tertiary alicyclic amines) is 1. The van der Waals surface area contributed by atoms with Crippen LogP contribution in [0.2, 0.25) is 5.02 Å². The van der Waals surface area contributed by atoms with E-state index in [-0.39, 0.29) is 18.3 Å². The van der Waals surface area contributed by atoms with Gasteiger partial charge in [-0.2, -0.15) is 0 Å². The highest BCUT2D eigenvalue weighted by atomic mass is 35.5. The van der Waals surface area contributed by atoms with Crippen molar-refractivity contribution in [2.75, 3.05) is 52.6 Å². The molecule has 206 valence electrons. The molecule has 0 aromatic heterocycles. The topological polar surface area (TPSA) is 88.5 Å². The largest absolute Gasteiger partial charge is 0.394 e. The maximum Gasteiger partial charge on any atom is 0.229 e. The molecular weight excluding hydrogens is 533 g/mol. The Kier molecular flexibility index (Phi) is 10.9. The Morgan fingerprint density at radius 1 is 1.24 bits per heavy atom. The molecule has 0 radical (unpaired) electrons. The Labute approximate surface area is 231 Å². The second kappa shape index (κ2) is 13.4. The first-order chi connectivity index (χ1) is 17.6. The van der Waals surface area contributed by atoms with Crippen molar-refractivity contribution in [3.8, 4) is 0 Å². The minimum absolute atomic E-state index is 0.0128. The zero-order valence-corrected chi connectivity index (χ0v) is 24.2. The average Bonchev–Trinajstić information content (AvgIpc) is 2.85. The number of allylic oxidation sites excluding steroid dienone is 1. The highest BCUT2D eigenvalue weighted by Gasteiger charge is 2.35. The normalized spacial score (nSPS) is 22.2. The van der Waals surface area contributed by atoms with Crippen molar-refractivity contribution in [1.29, 1.82) is 0 Å². The number of rotatable bonds is 9. The Morgan fingerprint density at radius 3 is 2.43 bits per heavy atom. The number of aliphatic hydroxyl groups is 1. The van der Waals surface area contributed by atoms with Gasteiger partial charge in [-0.05, 0) is 43.0 Å². The molecule has 0 aliphatic carbocycles. The van der Waals surface area contributed by atoms with Gasteiger partial charge in [0.15, 0.2) is 0 Å². The predicted octanol–water partition coefficient (Wildman–Crippen LogP) is 3.45. The molecule has 2 heterocycles. The number of hydrogen-bond donors (Lipinski definition) is 2. The molecule has 1 aromatic carbocycles. The Bertz CT molecular complexity index is 1090. The van der Waals surface area contributed by atoms with Crippen LogP contribution in [0.15, 0.2) is 52.6 Å². The molecule has 2 aliphatic heterocycles. The Balaban J connectivity index is 1.61. The molecule has 11 heteroatoms. The Hall–Kier alpha value is -1.62. The summed E-state index contributed by atoms with van der Waals surface area (Å²) in [5, 5.41) is 11.2. The van der Waals surface area contributed by atoms with Crippen molar-refractivity contribution in [3.05, 3.63) is 58.2 Å². The lowest BCUT2D eigenvalue weighted by atomic mass is 9.96. The molecule has 0 bridgehead atoms. The number of piperazine rings is 1. The van der Waals surface area contributed by atoms with Gasteiger partial charge in [0.25, 0.3) is 0 Å². The van der Waals surface area contributed by atoms with Gasteiger partial charge in [-0.1, -0.05) is 48.8 Å². The van der Waals surface area contributed by atoms with Gasteiger partial charge in [-0.15, -0.1) is 0 Å². The number of nitrogens with zero attached hydrogens (tertiary/aromatic N) is 4. The maximum atomic E-state index is 11.5. The van der Waals surface area contributed by atoms with Gasteiger partial charge in [0, 0.05) is 62.6 Å². The van der Waals surface area contributed by atoms with E-state index >= 15 is 0 Å². The van der Waals surface area contributed by atoms with Crippen LogP contribution in [0.25, 0.3) is 0 Å². The fourth-order valence-electron chi connectivity index (χ4n) is 5.44. The number of piperidine rings is 1. The second-order valence-electron chi connectivity index (χ2n) is 9.70. The summed E-state index contributed by atoms with van der Waals surface area (Å²) in [6, 6.07) is 8.59. The summed E-state index contributed by atoms with van der Waals surface area (Å²) in [4.78, 5) is 11.6. The van der Waals surface area contributed by atoms with Gasteiger partial charge >= 0.3 is 0 Å². The van der Waals surface area contributed by atoms with Crippen LogP contribution in [-0.4, -0.2) is 98.8 Å². The molecule has 1 unspecified atom stereocenters. The number of hydrogen-bond acceptors (Lipinski definition) is 6.